The topological polar surface area (TPSA) is 33.1 Å². The minimum Gasteiger partial charge on any atom is -0.353 e. The summed E-state index contributed by atoms with van der Waals surface area (Å²) in [5.74, 6) is 1.03. The van der Waals surface area contributed by atoms with Crippen LogP contribution in [0.2, 0.25) is 0 Å². The molecule has 20 heavy (non-hydrogen) atoms. The van der Waals surface area contributed by atoms with Crippen molar-refractivity contribution in [3.63, 3.8) is 0 Å². The molecule has 1 aromatic carbocycles. The summed E-state index contributed by atoms with van der Waals surface area (Å²) in [4.78, 5) is 7.27. The fourth-order valence-electron chi connectivity index (χ4n) is 3.08. The molecule has 0 bridgehead atoms. The average molecular weight is 272 g/mol. The van der Waals surface area contributed by atoms with Gasteiger partial charge in [-0.05, 0) is 38.4 Å². The zero-order valence-electron chi connectivity index (χ0n) is 12.5. The number of aryl methyl sites for hydroxylation is 1. The summed E-state index contributed by atoms with van der Waals surface area (Å²) < 4.78 is 2.28. The van der Waals surface area contributed by atoms with Crippen LogP contribution in [0.15, 0.2) is 24.3 Å². The van der Waals surface area contributed by atoms with Gasteiger partial charge in [-0.15, -0.1) is 0 Å². The predicted octanol–water partition coefficient (Wildman–Crippen LogP) is 2.95. The van der Waals surface area contributed by atoms with Crippen LogP contribution in [0.3, 0.4) is 0 Å². The van der Waals surface area contributed by atoms with E-state index in [1.807, 2.05) is 0 Å². The first-order valence-electron chi connectivity index (χ1n) is 7.76. The number of piperidine rings is 1. The number of rotatable bonds is 4. The summed E-state index contributed by atoms with van der Waals surface area (Å²) in [6.45, 7) is 8.93. The molecule has 4 nitrogen and oxygen atoms in total. The highest BCUT2D eigenvalue weighted by molar-refractivity contribution is 5.78. The highest BCUT2D eigenvalue weighted by atomic mass is 15.2. The van der Waals surface area contributed by atoms with Gasteiger partial charge in [-0.1, -0.05) is 19.1 Å². The van der Waals surface area contributed by atoms with Gasteiger partial charge in [0.1, 0.15) is 0 Å². The minimum atomic E-state index is 0.555. The van der Waals surface area contributed by atoms with E-state index in [9.17, 15) is 0 Å². The Labute approximate surface area is 120 Å². The van der Waals surface area contributed by atoms with E-state index in [2.05, 4.69) is 52.9 Å². The first kappa shape index (κ1) is 13.4. The standard InChI is InChI=1S/C16H24N4/c1-3-19-11-9-13(10-12-19)17-16-18-14-7-5-6-8-15(14)20(16)4-2/h5-8,13H,3-4,9-12H2,1-2H3,(H,17,18). The van der Waals surface area contributed by atoms with Crippen LogP contribution < -0.4 is 5.32 Å². The van der Waals surface area contributed by atoms with E-state index >= 15 is 0 Å². The molecule has 0 saturated carbocycles. The molecule has 2 aromatic rings. The molecule has 108 valence electrons. The Balaban J connectivity index is 1.77. The van der Waals surface area contributed by atoms with Gasteiger partial charge in [0.15, 0.2) is 0 Å². The van der Waals surface area contributed by atoms with Crippen LogP contribution >= 0.6 is 0 Å². The van der Waals surface area contributed by atoms with Crippen molar-refractivity contribution in [2.24, 2.45) is 0 Å². The number of anilines is 1. The van der Waals surface area contributed by atoms with Gasteiger partial charge < -0.3 is 14.8 Å². The molecule has 2 heterocycles. The van der Waals surface area contributed by atoms with Gasteiger partial charge in [0, 0.05) is 25.7 Å². The first-order valence-corrected chi connectivity index (χ1v) is 7.76. The lowest BCUT2D eigenvalue weighted by Gasteiger charge is -2.31. The smallest absolute Gasteiger partial charge is 0.204 e. The van der Waals surface area contributed by atoms with Gasteiger partial charge in [-0.2, -0.15) is 0 Å². The van der Waals surface area contributed by atoms with Crippen LogP contribution in [0.4, 0.5) is 5.95 Å². The van der Waals surface area contributed by atoms with Crippen molar-refractivity contribution in [1.29, 1.82) is 0 Å². The maximum absolute atomic E-state index is 4.76. The van der Waals surface area contributed by atoms with Gasteiger partial charge in [0.05, 0.1) is 11.0 Å². The Morgan fingerprint density at radius 3 is 2.60 bits per heavy atom. The van der Waals surface area contributed by atoms with Crippen molar-refractivity contribution >= 4 is 17.0 Å². The molecule has 1 fully saturated rings. The normalized spacial score (nSPS) is 17.7. The summed E-state index contributed by atoms with van der Waals surface area (Å²) >= 11 is 0. The number of hydrogen-bond donors (Lipinski definition) is 1. The Morgan fingerprint density at radius 1 is 1.15 bits per heavy atom. The van der Waals surface area contributed by atoms with E-state index < -0.39 is 0 Å². The van der Waals surface area contributed by atoms with Crippen LogP contribution in [0.25, 0.3) is 11.0 Å². The molecule has 1 N–H and O–H groups in total. The Kier molecular flexibility index (Phi) is 3.92. The fraction of sp³-hybridized carbons (Fsp3) is 0.562. The number of fused-ring (bicyclic) bond motifs is 1. The third-order valence-electron chi connectivity index (χ3n) is 4.34. The molecule has 1 saturated heterocycles. The molecular formula is C16H24N4. The molecule has 0 unspecified atom stereocenters. The zero-order valence-corrected chi connectivity index (χ0v) is 12.5. The second-order valence-electron chi connectivity index (χ2n) is 5.52. The van der Waals surface area contributed by atoms with E-state index in [-0.39, 0.29) is 0 Å². The zero-order chi connectivity index (χ0) is 13.9. The Hall–Kier alpha value is -1.55. The highest BCUT2D eigenvalue weighted by Crippen LogP contribution is 2.22. The van der Waals surface area contributed by atoms with E-state index in [4.69, 9.17) is 4.98 Å². The second-order valence-corrected chi connectivity index (χ2v) is 5.52. The van der Waals surface area contributed by atoms with Crippen molar-refractivity contribution in [3.05, 3.63) is 24.3 Å². The van der Waals surface area contributed by atoms with Gasteiger partial charge in [0.25, 0.3) is 0 Å². The van der Waals surface area contributed by atoms with Gasteiger partial charge >= 0.3 is 0 Å². The second kappa shape index (κ2) is 5.83. The molecule has 1 aliphatic heterocycles. The number of benzene rings is 1. The van der Waals surface area contributed by atoms with Gasteiger partial charge in [-0.3, -0.25) is 0 Å². The molecule has 0 atom stereocenters. The van der Waals surface area contributed by atoms with Crippen LogP contribution in [0.5, 0.6) is 0 Å². The van der Waals surface area contributed by atoms with Gasteiger partial charge in [-0.25, -0.2) is 4.98 Å². The molecule has 1 aromatic heterocycles. The molecular weight excluding hydrogens is 248 g/mol. The van der Waals surface area contributed by atoms with Crippen LogP contribution in [0, 0.1) is 0 Å². The number of nitrogens with zero attached hydrogens (tertiary/aromatic N) is 3. The average Bonchev–Trinajstić information content (AvgIpc) is 2.85. The number of likely N-dealkylation sites (tertiary alicyclic amines) is 1. The van der Waals surface area contributed by atoms with Gasteiger partial charge in [0.2, 0.25) is 5.95 Å². The van der Waals surface area contributed by atoms with Crippen LogP contribution in [-0.4, -0.2) is 40.1 Å². The molecule has 0 radical (unpaired) electrons. The lowest BCUT2D eigenvalue weighted by molar-refractivity contribution is 0.229. The van der Waals surface area contributed by atoms with Crippen LogP contribution in [0.1, 0.15) is 26.7 Å². The fourth-order valence-corrected chi connectivity index (χ4v) is 3.08. The molecule has 0 amide bonds. The van der Waals surface area contributed by atoms with Crippen LogP contribution in [-0.2, 0) is 6.54 Å². The molecule has 4 heteroatoms. The summed E-state index contributed by atoms with van der Waals surface area (Å²) in [7, 11) is 0. The number of hydrogen-bond acceptors (Lipinski definition) is 3. The van der Waals surface area contributed by atoms with Crippen molar-refractivity contribution in [2.45, 2.75) is 39.3 Å². The number of nitrogens with one attached hydrogen (secondary N) is 1. The quantitative estimate of drug-likeness (QED) is 0.929. The highest BCUT2D eigenvalue weighted by Gasteiger charge is 2.20. The molecule has 3 rings (SSSR count). The molecule has 0 spiro atoms. The SMILES string of the molecule is CCN1CCC(Nc2nc3ccccc3n2CC)CC1. The van der Waals surface area contributed by atoms with E-state index in [1.165, 1.54) is 38.0 Å². The molecule has 1 aliphatic rings. The predicted molar refractivity (Wildman–Crippen MR) is 84.2 cm³/mol. The maximum atomic E-state index is 4.76. The van der Waals surface area contributed by atoms with Crippen molar-refractivity contribution in [2.75, 3.05) is 25.0 Å². The summed E-state index contributed by atoms with van der Waals surface area (Å²) in [6, 6.07) is 8.93. The van der Waals surface area contributed by atoms with E-state index in [0.29, 0.717) is 6.04 Å². The summed E-state index contributed by atoms with van der Waals surface area (Å²) in [5, 5.41) is 3.66. The van der Waals surface area contributed by atoms with Crippen molar-refractivity contribution in [1.82, 2.24) is 14.5 Å². The summed E-state index contributed by atoms with van der Waals surface area (Å²) in [5.41, 5.74) is 2.31. The lowest BCUT2D eigenvalue weighted by atomic mass is 10.1. The third-order valence-corrected chi connectivity index (χ3v) is 4.34. The number of aromatic nitrogens is 2. The number of imidazole rings is 1. The third kappa shape index (κ3) is 2.52. The lowest BCUT2D eigenvalue weighted by Crippen LogP contribution is -2.39. The van der Waals surface area contributed by atoms with E-state index in [0.717, 1.165) is 18.0 Å². The monoisotopic (exact) mass is 272 g/mol. The van der Waals surface area contributed by atoms with E-state index in [1.54, 1.807) is 0 Å². The largest absolute Gasteiger partial charge is 0.353 e. The Morgan fingerprint density at radius 2 is 1.90 bits per heavy atom. The maximum Gasteiger partial charge on any atom is 0.204 e. The van der Waals surface area contributed by atoms with Crippen molar-refractivity contribution < 1.29 is 0 Å². The number of para-hydroxylation sites is 2. The molecule has 0 aliphatic carbocycles. The van der Waals surface area contributed by atoms with Crippen molar-refractivity contribution in [3.8, 4) is 0 Å². The first-order chi connectivity index (χ1) is 9.81. The summed E-state index contributed by atoms with van der Waals surface area (Å²) in [6.07, 6.45) is 2.42. The Bertz CT molecular complexity index is 567. The minimum absolute atomic E-state index is 0.555.